The van der Waals surface area contributed by atoms with Gasteiger partial charge in [-0.25, -0.2) is 4.98 Å². The van der Waals surface area contributed by atoms with Gasteiger partial charge in [0.15, 0.2) is 5.13 Å². The fourth-order valence-corrected chi connectivity index (χ4v) is 3.27. The minimum atomic E-state index is -4.49. The molecule has 0 fully saturated rings. The summed E-state index contributed by atoms with van der Waals surface area (Å²) in [6.45, 7) is 4.16. The molecule has 0 aliphatic rings. The Labute approximate surface area is 146 Å². The maximum atomic E-state index is 12.8. The molecule has 2 aromatic carbocycles. The quantitative estimate of drug-likeness (QED) is 0.649. The van der Waals surface area contributed by atoms with Crippen LogP contribution in [0.15, 0.2) is 42.5 Å². The van der Waals surface area contributed by atoms with Crippen LogP contribution in [0.2, 0.25) is 0 Å². The van der Waals surface area contributed by atoms with Crippen molar-refractivity contribution in [3.63, 3.8) is 0 Å². The van der Waals surface area contributed by atoms with Crippen molar-refractivity contribution in [3.05, 3.63) is 59.2 Å². The third-order valence-corrected chi connectivity index (χ3v) is 4.69. The van der Waals surface area contributed by atoms with Gasteiger partial charge >= 0.3 is 6.18 Å². The number of carbonyl (C=O) groups excluding carboxylic acids is 1. The lowest BCUT2D eigenvalue weighted by molar-refractivity contribution is -0.137. The van der Waals surface area contributed by atoms with Gasteiger partial charge in [-0.3, -0.25) is 10.1 Å². The third kappa shape index (κ3) is 3.82. The number of alkyl halides is 3. The van der Waals surface area contributed by atoms with Gasteiger partial charge in [-0.05, 0) is 41.8 Å². The Morgan fingerprint density at radius 3 is 2.60 bits per heavy atom. The Balaban J connectivity index is 1.85. The van der Waals surface area contributed by atoms with E-state index >= 15 is 0 Å². The van der Waals surface area contributed by atoms with Crippen LogP contribution in [0.4, 0.5) is 18.3 Å². The predicted octanol–water partition coefficient (Wildman–Crippen LogP) is 5.69. The van der Waals surface area contributed by atoms with Crippen LogP contribution in [0.25, 0.3) is 10.2 Å². The molecule has 1 aromatic heterocycles. The fourth-order valence-electron chi connectivity index (χ4n) is 2.36. The van der Waals surface area contributed by atoms with E-state index in [9.17, 15) is 18.0 Å². The zero-order chi connectivity index (χ0) is 18.2. The van der Waals surface area contributed by atoms with Crippen molar-refractivity contribution in [3.8, 4) is 0 Å². The monoisotopic (exact) mass is 364 g/mol. The van der Waals surface area contributed by atoms with E-state index in [4.69, 9.17) is 0 Å². The first-order chi connectivity index (χ1) is 11.7. The summed E-state index contributed by atoms with van der Waals surface area (Å²) in [6.07, 6.45) is -4.49. The molecule has 1 heterocycles. The van der Waals surface area contributed by atoms with E-state index in [0.717, 1.165) is 27.9 Å². The molecule has 130 valence electrons. The minimum Gasteiger partial charge on any atom is -0.298 e. The smallest absolute Gasteiger partial charge is 0.298 e. The topological polar surface area (TPSA) is 42.0 Å². The van der Waals surface area contributed by atoms with Crippen LogP contribution < -0.4 is 5.32 Å². The molecule has 0 atom stereocenters. The summed E-state index contributed by atoms with van der Waals surface area (Å²) in [4.78, 5) is 16.5. The number of hydrogen-bond donors (Lipinski definition) is 1. The highest BCUT2D eigenvalue weighted by molar-refractivity contribution is 7.22. The molecule has 0 unspecified atom stereocenters. The van der Waals surface area contributed by atoms with Crippen LogP contribution in [-0.4, -0.2) is 10.9 Å². The van der Waals surface area contributed by atoms with Gasteiger partial charge in [-0.2, -0.15) is 13.2 Å². The maximum Gasteiger partial charge on any atom is 0.416 e. The molecular weight excluding hydrogens is 349 g/mol. The van der Waals surface area contributed by atoms with Crippen molar-refractivity contribution in [2.24, 2.45) is 0 Å². The molecule has 3 rings (SSSR count). The van der Waals surface area contributed by atoms with Gasteiger partial charge < -0.3 is 0 Å². The molecule has 3 aromatic rings. The second kappa shape index (κ2) is 6.48. The Hall–Kier alpha value is -2.41. The second-order valence-corrected chi connectivity index (χ2v) is 6.96. The van der Waals surface area contributed by atoms with Crippen molar-refractivity contribution in [2.45, 2.75) is 25.9 Å². The highest BCUT2D eigenvalue weighted by Gasteiger charge is 2.30. The van der Waals surface area contributed by atoms with E-state index in [1.807, 2.05) is 18.2 Å². The molecule has 0 spiro atoms. The van der Waals surface area contributed by atoms with Gasteiger partial charge in [-0.15, -0.1) is 0 Å². The fraction of sp³-hybridized carbons (Fsp3) is 0.222. The number of amides is 1. The molecule has 0 saturated carbocycles. The first-order valence-corrected chi connectivity index (χ1v) is 8.45. The third-order valence-electron chi connectivity index (χ3n) is 3.75. The van der Waals surface area contributed by atoms with Gasteiger partial charge in [0.25, 0.3) is 5.91 Å². The van der Waals surface area contributed by atoms with Crippen LogP contribution >= 0.6 is 11.3 Å². The molecule has 0 bridgehead atoms. The van der Waals surface area contributed by atoms with Crippen LogP contribution in [0.3, 0.4) is 0 Å². The SMILES string of the molecule is CC(C)c1ccc2nc(NC(=O)c3cccc(C(F)(F)F)c3)sc2c1. The largest absolute Gasteiger partial charge is 0.416 e. The summed E-state index contributed by atoms with van der Waals surface area (Å²) in [5, 5.41) is 2.94. The van der Waals surface area contributed by atoms with Crippen molar-refractivity contribution >= 4 is 32.6 Å². The zero-order valence-corrected chi connectivity index (χ0v) is 14.3. The molecule has 0 aliphatic carbocycles. The number of nitrogens with one attached hydrogen (secondary N) is 1. The Kier molecular flexibility index (Phi) is 4.51. The van der Waals surface area contributed by atoms with Gasteiger partial charge in [-0.1, -0.05) is 37.3 Å². The van der Waals surface area contributed by atoms with Crippen molar-refractivity contribution in [1.29, 1.82) is 0 Å². The normalized spacial score (nSPS) is 11.9. The van der Waals surface area contributed by atoms with Gasteiger partial charge in [0.2, 0.25) is 0 Å². The average molecular weight is 364 g/mol. The molecule has 0 aliphatic heterocycles. The van der Waals surface area contributed by atoms with E-state index < -0.39 is 17.6 Å². The van der Waals surface area contributed by atoms with Gasteiger partial charge in [0.05, 0.1) is 15.8 Å². The molecular formula is C18H15F3N2OS. The number of thiazole rings is 1. The molecule has 0 saturated heterocycles. The molecule has 3 nitrogen and oxygen atoms in total. The lowest BCUT2D eigenvalue weighted by Gasteiger charge is -2.08. The standard InChI is InChI=1S/C18H15F3N2OS/c1-10(2)11-6-7-14-15(9-11)25-17(22-14)23-16(24)12-4-3-5-13(8-12)18(19,20)21/h3-10H,1-2H3,(H,22,23,24). The molecule has 7 heteroatoms. The van der Waals surface area contributed by atoms with Crippen molar-refractivity contribution in [1.82, 2.24) is 4.98 Å². The van der Waals surface area contributed by atoms with Crippen LogP contribution in [0.5, 0.6) is 0 Å². The molecule has 1 amide bonds. The number of hydrogen-bond acceptors (Lipinski definition) is 3. The van der Waals surface area contributed by atoms with E-state index in [-0.39, 0.29) is 5.56 Å². The minimum absolute atomic E-state index is 0.0584. The number of aromatic nitrogens is 1. The number of fused-ring (bicyclic) bond motifs is 1. The van der Waals surface area contributed by atoms with Gasteiger partial charge in [0.1, 0.15) is 0 Å². The average Bonchev–Trinajstić information content (AvgIpc) is 2.95. The van der Waals surface area contributed by atoms with Gasteiger partial charge in [0, 0.05) is 5.56 Å². The predicted molar refractivity (Wildman–Crippen MR) is 93.1 cm³/mol. The van der Waals surface area contributed by atoms with Crippen LogP contribution in [0.1, 0.15) is 41.3 Å². The summed E-state index contributed by atoms with van der Waals surface area (Å²) in [5.41, 5.74) is 0.989. The van der Waals surface area contributed by atoms with Crippen molar-refractivity contribution in [2.75, 3.05) is 5.32 Å². The maximum absolute atomic E-state index is 12.8. The Morgan fingerprint density at radius 1 is 1.16 bits per heavy atom. The summed E-state index contributed by atoms with van der Waals surface area (Å²) in [7, 11) is 0. The molecule has 1 N–H and O–H groups in total. The number of halogens is 3. The first kappa shape index (κ1) is 17.4. The molecule has 0 radical (unpaired) electrons. The first-order valence-electron chi connectivity index (χ1n) is 7.63. The highest BCUT2D eigenvalue weighted by Crippen LogP contribution is 2.31. The summed E-state index contributed by atoms with van der Waals surface area (Å²) < 4.78 is 39.2. The zero-order valence-electron chi connectivity index (χ0n) is 13.5. The van der Waals surface area contributed by atoms with E-state index in [1.54, 1.807) is 0 Å². The number of benzene rings is 2. The molecule has 25 heavy (non-hydrogen) atoms. The number of anilines is 1. The van der Waals surface area contributed by atoms with E-state index in [1.165, 1.54) is 23.5 Å². The van der Waals surface area contributed by atoms with Crippen LogP contribution in [-0.2, 0) is 6.18 Å². The summed E-state index contributed by atoms with van der Waals surface area (Å²) >= 11 is 1.30. The van der Waals surface area contributed by atoms with E-state index in [0.29, 0.717) is 11.0 Å². The Bertz CT molecular complexity index is 931. The highest BCUT2D eigenvalue weighted by atomic mass is 32.1. The van der Waals surface area contributed by atoms with Crippen molar-refractivity contribution < 1.29 is 18.0 Å². The number of nitrogens with zero attached hydrogens (tertiary/aromatic N) is 1. The second-order valence-electron chi connectivity index (χ2n) is 5.93. The Morgan fingerprint density at radius 2 is 1.92 bits per heavy atom. The number of rotatable bonds is 3. The van der Waals surface area contributed by atoms with Crippen LogP contribution in [0, 0.1) is 0 Å². The summed E-state index contributed by atoms with van der Waals surface area (Å²) in [6, 6.07) is 10.2. The van der Waals surface area contributed by atoms with E-state index in [2.05, 4.69) is 24.1 Å². The lowest BCUT2D eigenvalue weighted by Crippen LogP contribution is -2.13. The lowest BCUT2D eigenvalue weighted by atomic mass is 10.0. The number of carbonyl (C=O) groups is 1. The summed E-state index contributed by atoms with van der Waals surface area (Å²) in [5.74, 6) is -0.246.